The summed E-state index contributed by atoms with van der Waals surface area (Å²) in [6, 6.07) is 0.0399. The molecule has 1 aromatic heterocycles. The summed E-state index contributed by atoms with van der Waals surface area (Å²) in [5.74, 6) is -1.02. The Hall–Kier alpha value is -1.92. The molecule has 0 aliphatic rings. The zero-order valence-electron chi connectivity index (χ0n) is 13.5. The van der Waals surface area contributed by atoms with E-state index in [9.17, 15) is 14.7 Å². The predicted octanol–water partition coefficient (Wildman–Crippen LogP) is 1.43. The van der Waals surface area contributed by atoms with Gasteiger partial charge in [0.15, 0.2) is 5.69 Å². The summed E-state index contributed by atoms with van der Waals surface area (Å²) in [7, 11) is 0. The standard InChI is InChI=1S/C14H24N4O3/c1-8(2)9(3)15-10(19)7-18-12(14(4,5)6)11(13(20)21)16-17-18/h8-9H,7H2,1-6H3,(H,15,19)(H,20,21). The summed E-state index contributed by atoms with van der Waals surface area (Å²) in [6.07, 6.45) is 0. The third kappa shape index (κ3) is 4.27. The zero-order valence-corrected chi connectivity index (χ0v) is 13.5. The van der Waals surface area contributed by atoms with Gasteiger partial charge in [0.25, 0.3) is 0 Å². The van der Waals surface area contributed by atoms with Crippen molar-refractivity contribution >= 4 is 11.9 Å². The number of carbonyl (C=O) groups is 2. The van der Waals surface area contributed by atoms with Gasteiger partial charge in [-0.05, 0) is 12.8 Å². The molecule has 0 spiro atoms. The number of rotatable bonds is 5. The molecule has 1 amide bonds. The van der Waals surface area contributed by atoms with Crippen LogP contribution in [0.25, 0.3) is 0 Å². The third-order valence-electron chi connectivity index (χ3n) is 3.33. The van der Waals surface area contributed by atoms with Gasteiger partial charge in [0.2, 0.25) is 5.91 Å². The summed E-state index contributed by atoms with van der Waals surface area (Å²) in [4.78, 5) is 23.3. The minimum Gasteiger partial charge on any atom is -0.476 e. The number of nitrogens with zero attached hydrogens (tertiary/aromatic N) is 3. The van der Waals surface area contributed by atoms with Gasteiger partial charge in [-0.3, -0.25) is 4.79 Å². The van der Waals surface area contributed by atoms with Gasteiger partial charge < -0.3 is 10.4 Å². The molecule has 0 saturated heterocycles. The van der Waals surface area contributed by atoms with Crippen LogP contribution in [0.5, 0.6) is 0 Å². The minimum atomic E-state index is -1.14. The van der Waals surface area contributed by atoms with Crippen molar-refractivity contribution in [2.24, 2.45) is 5.92 Å². The van der Waals surface area contributed by atoms with Crippen molar-refractivity contribution in [2.45, 2.75) is 59.5 Å². The van der Waals surface area contributed by atoms with E-state index >= 15 is 0 Å². The van der Waals surface area contributed by atoms with Gasteiger partial charge in [0.05, 0.1) is 5.69 Å². The van der Waals surface area contributed by atoms with Crippen LogP contribution in [-0.4, -0.2) is 38.0 Å². The molecule has 0 aromatic carbocycles. The van der Waals surface area contributed by atoms with Crippen LogP contribution in [0, 0.1) is 5.92 Å². The van der Waals surface area contributed by atoms with Gasteiger partial charge in [0.1, 0.15) is 6.54 Å². The van der Waals surface area contributed by atoms with Gasteiger partial charge in [-0.15, -0.1) is 5.10 Å². The lowest BCUT2D eigenvalue weighted by atomic mass is 9.90. The van der Waals surface area contributed by atoms with Gasteiger partial charge >= 0.3 is 5.97 Å². The second-order valence-electron chi connectivity index (χ2n) is 6.60. The Morgan fingerprint density at radius 1 is 1.29 bits per heavy atom. The van der Waals surface area contributed by atoms with Gasteiger partial charge in [-0.25, -0.2) is 9.48 Å². The highest BCUT2D eigenvalue weighted by Crippen LogP contribution is 2.24. The van der Waals surface area contributed by atoms with Crippen LogP contribution in [0.15, 0.2) is 0 Å². The van der Waals surface area contributed by atoms with Crippen molar-refractivity contribution in [3.8, 4) is 0 Å². The molecule has 2 N–H and O–H groups in total. The molecule has 21 heavy (non-hydrogen) atoms. The van der Waals surface area contributed by atoms with Crippen molar-refractivity contribution < 1.29 is 14.7 Å². The van der Waals surface area contributed by atoms with Crippen molar-refractivity contribution in [3.05, 3.63) is 11.4 Å². The Morgan fingerprint density at radius 3 is 2.29 bits per heavy atom. The molecule has 0 fully saturated rings. The van der Waals surface area contributed by atoms with Crippen molar-refractivity contribution in [1.29, 1.82) is 0 Å². The van der Waals surface area contributed by atoms with E-state index in [-0.39, 0.29) is 24.2 Å². The molecule has 118 valence electrons. The highest BCUT2D eigenvalue weighted by Gasteiger charge is 2.29. The number of hydrogen-bond acceptors (Lipinski definition) is 4. The second kappa shape index (κ2) is 6.24. The highest BCUT2D eigenvalue weighted by molar-refractivity contribution is 5.87. The van der Waals surface area contributed by atoms with Crippen molar-refractivity contribution in [3.63, 3.8) is 0 Å². The second-order valence-corrected chi connectivity index (χ2v) is 6.60. The molecule has 1 heterocycles. The number of carboxylic acid groups (broad SMARTS) is 1. The topological polar surface area (TPSA) is 97.1 Å². The lowest BCUT2D eigenvalue weighted by Crippen LogP contribution is -2.39. The molecule has 0 radical (unpaired) electrons. The molecular formula is C14H24N4O3. The average molecular weight is 296 g/mol. The van der Waals surface area contributed by atoms with E-state index in [1.54, 1.807) is 0 Å². The van der Waals surface area contributed by atoms with Gasteiger partial charge in [-0.1, -0.05) is 39.8 Å². The maximum atomic E-state index is 12.0. The van der Waals surface area contributed by atoms with Crippen LogP contribution in [-0.2, 0) is 16.8 Å². The monoisotopic (exact) mass is 296 g/mol. The first kappa shape index (κ1) is 17.1. The number of aromatic nitrogens is 3. The van der Waals surface area contributed by atoms with E-state index < -0.39 is 11.4 Å². The smallest absolute Gasteiger partial charge is 0.358 e. The summed E-state index contributed by atoms with van der Waals surface area (Å²) in [5.41, 5.74) is -0.129. The number of carbonyl (C=O) groups excluding carboxylic acids is 1. The Labute approximate surface area is 124 Å². The third-order valence-corrected chi connectivity index (χ3v) is 3.33. The highest BCUT2D eigenvalue weighted by atomic mass is 16.4. The van der Waals surface area contributed by atoms with Gasteiger partial charge in [-0.2, -0.15) is 0 Å². The van der Waals surface area contributed by atoms with E-state index in [1.807, 2.05) is 41.5 Å². The fourth-order valence-electron chi connectivity index (χ4n) is 1.91. The Morgan fingerprint density at radius 2 is 1.86 bits per heavy atom. The maximum Gasteiger partial charge on any atom is 0.358 e. The summed E-state index contributed by atoms with van der Waals surface area (Å²) in [5, 5.41) is 19.6. The number of amides is 1. The quantitative estimate of drug-likeness (QED) is 0.856. The summed E-state index contributed by atoms with van der Waals surface area (Å²) < 4.78 is 1.37. The Balaban J connectivity index is 2.99. The molecule has 1 atom stereocenters. The number of nitrogens with one attached hydrogen (secondary N) is 1. The normalized spacial score (nSPS) is 13.3. The number of carboxylic acids is 1. The van der Waals surface area contributed by atoms with Gasteiger partial charge in [0, 0.05) is 11.5 Å². The average Bonchev–Trinajstić information content (AvgIpc) is 2.71. The number of hydrogen-bond donors (Lipinski definition) is 2. The fourth-order valence-corrected chi connectivity index (χ4v) is 1.91. The first-order valence-corrected chi connectivity index (χ1v) is 7.00. The molecule has 0 saturated carbocycles. The van der Waals surface area contributed by atoms with Crippen molar-refractivity contribution in [2.75, 3.05) is 0 Å². The summed E-state index contributed by atoms with van der Waals surface area (Å²) in [6.45, 7) is 11.5. The van der Waals surface area contributed by atoms with E-state index in [2.05, 4.69) is 15.6 Å². The Kier molecular flexibility index (Phi) is 5.09. The van der Waals surface area contributed by atoms with Crippen LogP contribution in [0.1, 0.15) is 57.7 Å². The zero-order chi connectivity index (χ0) is 16.4. The van der Waals surface area contributed by atoms with Crippen LogP contribution in [0.2, 0.25) is 0 Å². The molecule has 1 unspecified atom stereocenters. The molecule has 7 nitrogen and oxygen atoms in total. The Bertz CT molecular complexity index is 529. The summed E-state index contributed by atoms with van der Waals surface area (Å²) >= 11 is 0. The van der Waals surface area contributed by atoms with E-state index in [1.165, 1.54) is 4.68 Å². The molecule has 0 aliphatic heterocycles. The number of aromatic carboxylic acids is 1. The van der Waals surface area contributed by atoms with Crippen LogP contribution in [0.4, 0.5) is 0 Å². The fraction of sp³-hybridized carbons (Fsp3) is 0.714. The first-order chi connectivity index (χ1) is 9.54. The predicted molar refractivity (Wildman–Crippen MR) is 78.1 cm³/mol. The molecule has 1 rings (SSSR count). The van der Waals surface area contributed by atoms with E-state index in [0.717, 1.165) is 0 Å². The molecular weight excluding hydrogens is 272 g/mol. The van der Waals surface area contributed by atoms with Crippen LogP contribution < -0.4 is 5.32 Å². The lowest BCUT2D eigenvalue weighted by molar-refractivity contribution is -0.122. The lowest BCUT2D eigenvalue weighted by Gasteiger charge is -2.21. The van der Waals surface area contributed by atoms with Crippen LogP contribution >= 0.6 is 0 Å². The largest absolute Gasteiger partial charge is 0.476 e. The van der Waals surface area contributed by atoms with Crippen molar-refractivity contribution in [1.82, 2.24) is 20.3 Å². The molecule has 0 aliphatic carbocycles. The maximum absolute atomic E-state index is 12.0. The SMILES string of the molecule is CC(C)C(C)NC(=O)Cn1nnc(C(=O)O)c1C(C)(C)C. The first-order valence-electron chi connectivity index (χ1n) is 7.00. The van der Waals surface area contributed by atoms with Crippen LogP contribution in [0.3, 0.4) is 0 Å². The molecule has 0 bridgehead atoms. The van der Waals surface area contributed by atoms with E-state index in [4.69, 9.17) is 0 Å². The molecule has 7 heteroatoms. The minimum absolute atomic E-state index is 0.0378. The van der Waals surface area contributed by atoms with E-state index in [0.29, 0.717) is 11.6 Å². The molecule has 1 aromatic rings.